The molecule has 0 unspecified atom stereocenters. The number of aromatic amines is 1. The normalized spacial score (nSPS) is 14.0. The Bertz CT molecular complexity index is 1550. The molecular weight excluding hydrogens is 567 g/mol. The highest BCUT2D eigenvalue weighted by Crippen LogP contribution is 2.36. The summed E-state index contributed by atoms with van der Waals surface area (Å²) >= 11 is 0. The third-order valence-corrected chi connectivity index (χ3v) is 7.33. The number of carbonyl (C=O) groups excluding carboxylic acids is 2. The Morgan fingerprint density at radius 2 is 1.80 bits per heavy atom. The minimum atomic E-state index is -4.48. The molecule has 1 aliphatic heterocycles. The summed E-state index contributed by atoms with van der Waals surface area (Å²) in [7, 11) is 3.92. The minimum absolute atomic E-state index is 0.118. The number of H-pyrrole nitrogens is 1. The molecule has 0 spiro atoms. The van der Waals surface area contributed by atoms with Crippen molar-refractivity contribution in [3.05, 3.63) is 119 Å². The van der Waals surface area contributed by atoms with Gasteiger partial charge in [0.2, 0.25) is 5.91 Å². The van der Waals surface area contributed by atoms with Gasteiger partial charge in [-0.3, -0.25) is 4.79 Å². The highest BCUT2D eigenvalue weighted by atomic mass is 19.4. The van der Waals surface area contributed by atoms with Crippen LogP contribution < -0.4 is 10.6 Å². The molecule has 2 aromatic carbocycles. The standard InChI is InChI=1S/C34H38F3N5O2/c1-24-10-5-4-8-17-38-22-27(24)21-31(32(43)39-28-12-9-11-25(20-28)23-41(2)3)40-33(44)42-18-15-26(16-19-42)29-13-6-7-14-30(29)34(35,36)37/h4-15,17,20,22,31,38H,16,18-19,21,23H2,1-3H3,(H,39,43)(H,40,44)/t31-/m1/s1. The lowest BCUT2D eigenvalue weighted by Crippen LogP contribution is -2.51. The van der Waals surface area contributed by atoms with Gasteiger partial charge in [0.1, 0.15) is 6.04 Å². The van der Waals surface area contributed by atoms with Crippen LogP contribution in [0.2, 0.25) is 0 Å². The Hall–Kier alpha value is -4.57. The molecule has 0 radical (unpaired) electrons. The Morgan fingerprint density at radius 3 is 2.52 bits per heavy atom. The Balaban J connectivity index is 1.55. The fourth-order valence-electron chi connectivity index (χ4n) is 5.08. The SMILES string of the molecule is Cc1ccccc[nH]cc1C[C@@H](NC(=O)N1CC=C(c2ccccc2C(F)(F)F)CC1)C(=O)Nc1cccc(CN(C)C)c1. The second-order valence-corrected chi connectivity index (χ2v) is 11.0. The molecule has 2 heterocycles. The predicted octanol–water partition coefficient (Wildman–Crippen LogP) is 6.58. The van der Waals surface area contributed by atoms with Gasteiger partial charge >= 0.3 is 12.2 Å². The topological polar surface area (TPSA) is 80.5 Å². The van der Waals surface area contributed by atoms with Gasteiger partial charge in [-0.15, -0.1) is 0 Å². The van der Waals surface area contributed by atoms with E-state index >= 15 is 0 Å². The van der Waals surface area contributed by atoms with Gasteiger partial charge in [0.05, 0.1) is 5.56 Å². The number of nitrogens with one attached hydrogen (secondary N) is 3. The maximum Gasteiger partial charge on any atom is 0.416 e. The number of amides is 3. The van der Waals surface area contributed by atoms with Crippen molar-refractivity contribution in [3.63, 3.8) is 0 Å². The molecule has 44 heavy (non-hydrogen) atoms. The van der Waals surface area contributed by atoms with Crippen LogP contribution in [-0.2, 0) is 23.9 Å². The van der Waals surface area contributed by atoms with Gasteiger partial charge in [-0.05, 0) is 79.5 Å². The van der Waals surface area contributed by atoms with Gasteiger partial charge in [0.15, 0.2) is 0 Å². The number of rotatable bonds is 8. The fraction of sp³-hybridized carbons (Fsp3) is 0.294. The molecule has 3 aromatic rings. The fourth-order valence-corrected chi connectivity index (χ4v) is 5.08. The number of benzene rings is 2. The van der Waals surface area contributed by atoms with Gasteiger partial charge in [0, 0.05) is 44.1 Å². The zero-order valence-electron chi connectivity index (χ0n) is 25.1. The van der Waals surface area contributed by atoms with Crippen molar-refractivity contribution < 1.29 is 22.8 Å². The molecular formula is C34H38F3N5O2. The Morgan fingerprint density at radius 1 is 1.02 bits per heavy atom. The van der Waals surface area contributed by atoms with E-state index in [0.717, 1.165) is 22.8 Å². The maximum atomic E-state index is 13.7. The van der Waals surface area contributed by atoms with Crippen LogP contribution in [0.5, 0.6) is 0 Å². The Kier molecular flexibility index (Phi) is 10.8. The van der Waals surface area contributed by atoms with Crippen molar-refractivity contribution in [2.75, 3.05) is 32.5 Å². The first-order valence-electron chi connectivity index (χ1n) is 14.4. The number of aromatic nitrogens is 1. The van der Waals surface area contributed by atoms with E-state index < -0.39 is 23.8 Å². The number of hydrogen-bond acceptors (Lipinski definition) is 3. The molecule has 3 N–H and O–H groups in total. The summed E-state index contributed by atoms with van der Waals surface area (Å²) in [6, 6.07) is 19.2. The number of urea groups is 1. The molecule has 7 nitrogen and oxygen atoms in total. The third-order valence-electron chi connectivity index (χ3n) is 7.33. The molecule has 0 bridgehead atoms. The van der Waals surface area contributed by atoms with Gasteiger partial charge < -0.3 is 25.4 Å². The molecule has 1 aliphatic rings. The lowest BCUT2D eigenvalue weighted by molar-refractivity contribution is -0.137. The lowest BCUT2D eigenvalue weighted by Gasteiger charge is -2.29. The summed E-state index contributed by atoms with van der Waals surface area (Å²) in [5, 5.41) is 5.84. The van der Waals surface area contributed by atoms with E-state index in [1.807, 2.05) is 68.4 Å². The first-order chi connectivity index (χ1) is 21.0. The first-order valence-corrected chi connectivity index (χ1v) is 14.4. The van der Waals surface area contributed by atoms with Crippen LogP contribution in [0.1, 0.15) is 34.2 Å². The highest BCUT2D eigenvalue weighted by Gasteiger charge is 2.34. The number of halogens is 3. The van der Waals surface area contributed by atoms with E-state index in [-0.39, 0.29) is 37.4 Å². The molecule has 0 saturated carbocycles. The van der Waals surface area contributed by atoms with Crippen molar-refractivity contribution in [2.24, 2.45) is 0 Å². The van der Waals surface area contributed by atoms with Crippen LogP contribution in [-0.4, -0.2) is 59.9 Å². The Labute approximate surface area is 256 Å². The molecule has 1 atom stereocenters. The van der Waals surface area contributed by atoms with E-state index in [2.05, 4.69) is 15.6 Å². The van der Waals surface area contributed by atoms with Crippen LogP contribution in [0.25, 0.3) is 5.57 Å². The number of alkyl halides is 3. The van der Waals surface area contributed by atoms with E-state index in [4.69, 9.17) is 0 Å². The van der Waals surface area contributed by atoms with Gasteiger partial charge in [0.25, 0.3) is 0 Å². The van der Waals surface area contributed by atoms with E-state index in [1.165, 1.54) is 17.0 Å². The second kappa shape index (κ2) is 14.7. The van der Waals surface area contributed by atoms with Crippen LogP contribution in [0.15, 0.2) is 91.3 Å². The number of hydrogen-bond donors (Lipinski definition) is 3. The van der Waals surface area contributed by atoms with E-state index in [1.54, 1.807) is 30.6 Å². The summed E-state index contributed by atoms with van der Waals surface area (Å²) in [5.74, 6) is -0.382. The third kappa shape index (κ3) is 8.97. The van der Waals surface area contributed by atoms with Crippen LogP contribution >= 0.6 is 0 Å². The number of anilines is 1. The molecule has 0 saturated heterocycles. The number of carbonyl (C=O) groups is 2. The lowest BCUT2D eigenvalue weighted by atomic mass is 9.94. The smallest absolute Gasteiger partial charge is 0.367 e. The monoisotopic (exact) mass is 605 g/mol. The molecule has 0 fully saturated rings. The van der Waals surface area contributed by atoms with Crippen molar-refractivity contribution in [2.45, 2.75) is 38.5 Å². The van der Waals surface area contributed by atoms with E-state index in [9.17, 15) is 22.8 Å². The van der Waals surface area contributed by atoms with Crippen LogP contribution in [0.4, 0.5) is 23.7 Å². The van der Waals surface area contributed by atoms with Crippen molar-refractivity contribution >= 4 is 23.2 Å². The zero-order chi connectivity index (χ0) is 31.7. The summed E-state index contributed by atoms with van der Waals surface area (Å²) in [5.41, 5.74) is 3.36. The zero-order valence-corrected chi connectivity index (χ0v) is 25.1. The van der Waals surface area contributed by atoms with Crippen molar-refractivity contribution in [1.82, 2.24) is 20.1 Å². The van der Waals surface area contributed by atoms with Crippen LogP contribution in [0, 0.1) is 6.92 Å². The summed E-state index contributed by atoms with van der Waals surface area (Å²) < 4.78 is 40.8. The van der Waals surface area contributed by atoms with Gasteiger partial charge in [-0.1, -0.05) is 54.6 Å². The quantitative estimate of drug-likeness (QED) is 0.272. The maximum absolute atomic E-state index is 13.7. The molecule has 0 aliphatic carbocycles. The average Bonchev–Trinajstić information content (AvgIpc) is 3.08. The largest absolute Gasteiger partial charge is 0.416 e. The molecule has 232 valence electrons. The van der Waals surface area contributed by atoms with Crippen molar-refractivity contribution in [1.29, 1.82) is 0 Å². The highest BCUT2D eigenvalue weighted by molar-refractivity contribution is 5.97. The summed E-state index contributed by atoms with van der Waals surface area (Å²) in [6.07, 6.45) is 1.20. The number of nitrogens with zero attached hydrogens (tertiary/aromatic N) is 2. The van der Waals surface area contributed by atoms with Gasteiger partial charge in [-0.25, -0.2) is 4.79 Å². The van der Waals surface area contributed by atoms with E-state index in [0.29, 0.717) is 17.8 Å². The molecule has 1 aromatic heterocycles. The summed E-state index contributed by atoms with van der Waals surface area (Å²) in [4.78, 5) is 33.8. The molecule has 4 rings (SSSR count). The van der Waals surface area contributed by atoms with Crippen molar-refractivity contribution in [3.8, 4) is 0 Å². The molecule has 10 heteroatoms. The average molecular weight is 606 g/mol. The summed E-state index contributed by atoms with van der Waals surface area (Å²) in [6.45, 7) is 2.96. The number of aryl methyl sites for hydroxylation is 1. The first kappa shape index (κ1) is 32.3. The van der Waals surface area contributed by atoms with Crippen LogP contribution in [0.3, 0.4) is 0 Å². The molecule has 3 amide bonds. The second-order valence-electron chi connectivity index (χ2n) is 11.0. The predicted molar refractivity (Wildman–Crippen MR) is 167 cm³/mol. The van der Waals surface area contributed by atoms with Gasteiger partial charge in [-0.2, -0.15) is 13.2 Å². The minimum Gasteiger partial charge on any atom is -0.367 e.